The van der Waals surface area contributed by atoms with Gasteiger partial charge in [0, 0.05) is 39.7 Å². The fourth-order valence-electron chi connectivity index (χ4n) is 6.97. The summed E-state index contributed by atoms with van der Waals surface area (Å²) in [6, 6.07) is 10.5. The summed E-state index contributed by atoms with van der Waals surface area (Å²) in [5.41, 5.74) is 9.26. The molecule has 7 rings (SSSR count). The minimum atomic E-state index is -1.05. The molecule has 4 aromatic rings. The zero-order valence-corrected chi connectivity index (χ0v) is 33.4. The molecule has 0 saturated carbocycles. The Morgan fingerprint density at radius 2 is 1.66 bits per heavy atom. The molecule has 19 heteroatoms. The summed E-state index contributed by atoms with van der Waals surface area (Å²) < 4.78 is 13.1. The van der Waals surface area contributed by atoms with E-state index in [1.165, 1.54) is 6.07 Å². The number of fused-ring (bicyclic) bond motifs is 4. The number of halogens is 1. The van der Waals surface area contributed by atoms with Gasteiger partial charge in [0.1, 0.15) is 22.9 Å². The Morgan fingerprint density at radius 3 is 2.41 bits per heavy atom. The molecule has 5 heterocycles. The lowest BCUT2D eigenvalue weighted by Gasteiger charge is -2.27. The number of hydrogen-bond acceptors (Lipinski definition) is 13. The number of hydrazine groups is 1. The number of amides is 6. The van der Waals surface area contributed by atoms with Crippen LogP contribution in [-0.4, -0.2) is 99.8 Å². The number of carbonyl (C=O) groups is 6. The lowest BCUT2D eigenvalue weighted by molar-refractivity contribution is -0.136. The number of thiophene rings is 1. The van der Waals surface area contributed by atoms with E-state index in [1.807, 2.05) is 30.5 Å². The van der Waals surface area contributed by atoms with E-state index in [1.54, 1.807) is 35.6 Å². The monoisotopic (exact) mass is 829 g/mol. The summed E-state index contributed by atoms with van der Waals surface area (Å²) in [5, 5.41) is 15.5. The van der Waals surface area contributed by atoms with E-state index in [0.29, 0.717) is 34.6 Å². The number of benzene rings is 2. The van der Waals surface area contributed by atoms with E-state index in [-0.39, 0.29) is 63.2 Å². The molecule has 0 aliphatic carbocycles. The van der Waals surface area contributed by atoms with Gasteiger partial charge in [0.25, 0.3) is 11.8 Å². The first-order valence-electron chi connectivity index (χ1n) is 18.6. The SMILES string of the molecule is Cc1sc2c(c1C)C(c1ccc(Cl)cc1)=N[C@@H](CC(=O)NNC(=O)CCOCCOCCNc1cccc3c1C(=O)N(C1CCC(=O)NC1=O)C3=O)c1nnc(C)n1-2. The van der Waals surface area contributed by atoms with Gasteiger partial charge in [-0.15, -0.1) is 21.5 Å². The van der Waals surface area contributed by atoms with E-state index in [0.717, 1.165) is 31.5 Å². The van der Waals surface area contributed by atoms with Crippen LogP contribution in [0.2, 0.25) is 5.02 Å². The first-order valence-corrected chi connectivity index (χ1v) is 19.8. The van der Waals surface area contributed by atoms with Gasteiger partial charge in [-0.25, -0.2) is 0 Å². The number of nitrogens with zero attached hydrogens (tertiary/aromatic N) is 5. The quantitative estimate of drug-likeness (QED) is 0.0822. The normalized spacial score (nSPS) is 17.2. The van der Waals surface area contributed by atoms with E-state index < -0.39 is 47.5 Å². The number of ether oxygens (including phenoxy) is 2. The Bertz CT molecular complexity index is 2340. The van der Waals surface area contributed by atoms with Crippen molar-refractivity contribution in [3.05, 3.63) is 91.8 Å². The maximum atomic E-state index is 13.2. The zero-order valence-electron chi connectivity index (χ0n) is 31.8. The van der Waals surface area contributed by atoms with Crippen molar-refractivity contribution in [1.29, 1.82) is 0 Å². The van der Waals surface area contributed by atoms with Crippen molar-refractivity contribution in [3.63, 3.8) is 0 Å². The molecule has 3 aliphatic heterocycles. The predicted molar refractivity (Wildman–Crippen MR) is 212 cm³/mol. The van der Waals surface area contributed by atoms with Gasteiger partial charge < -0.3 is 14.8 Å². The van der Waals surface area contributed by atoms with Crippen LogP contribution in [-0.2, 0) is 28.7 Å². The van der Waals surface area contributed by atoms with Crippen molar-refractivity contribution in [2.45, 2.75) is 58.5 Å². The third-order valence-corrected chi connectivity index (χ3v) is 11.4. The van der Waals surface area contributed by atoms with Crippen LogP contribution in [0.4, 0.5) is 5.69 Å². The smallest absolute Gasteiger partial charge is 0.264 e. The molecule has 58 heavy (non-hydrogen) atoms. The van der Waals surface area contributed by atoms with Crippen molar-refractivity contribution < 1.29 is 38.2 Å². The standard InChI is InChI=1S/C39H40ClN9O8S/c1-20-21(2)58-39-32(20)34(23-7-9-24(40)10-8-23)42-27(35-47-44-22(3)48(35)39)19-31(52)46-45-30(51)13-15-56-17-18-57-16-14-41-26-6-4-5-25-33(26)38(55)49(37(25)54)28-11-12-29(50)43-36(28)53/h4-10,27-28,41H,11-19H2,1-3H3,(H,45,51)(H,46,52)(H,43,50,53)/t27-,28?/m0/s1. The number of aryl methyl sites for hydroxylation is 2. The Kier molecular flexibility index (Phi) is 12.1. The Morgan fingerprint density at radius 1 is 0.914 bits per heavy atom. The van der Waals surface area contributed by atoms with E-state index in [4.69, 9.17) is 26.1 Å². The second-order valence-electron chi connectivity index (χ2n) is 13.8. The van der Waals surface area contributed by atoms with Crippen LogP contribution in [0.5, 0.6) is 0 Å². The van der Waals surface area contributed by atoms with Gasteiger partial charge in [-0.2, -0.15) is 0 Å². The number of rotatable bonds is 14. The lowest BCUT2D eigenvalue weighted by Crippen LogP contribution is -2.54. The van der Waals surface area contributed by atoms with E-state index in [2.05, 4.69) is 38.6 Å². The van der Waals surface area contributed by atoms with Crippen LogP contribution in [0, 0.1) is 20.8 Å². The van der Waals surface area contributed by atoms with Crippen LogP contribution < -0.4 is 21.5 Å². The third kappa shape index (κ3) is 8.27. The average molecular weight is 830 g/mol. The van der Waals surface area contributed by atoms with Crippen LogP contribution in [0.25, 0.3) is 5.00 Å². The Hall–Kier alpha value is -5.82. The Balaban J connectivity index is 0.836. The number of aromatic nitrogens is 3. The topological polar surface area (TPSA) is 215 Å². The van der Waals surface area contributed by atoms with Crippen molar-refractivity contribution in [2.75, 3.05) is 38.3 Å². The molecule has 1 saturated heterocycles. The van der Waals surface area contributed by atoms with Crippen molar-refractivity contribution in [2.24, 2.45) is 4.99 Å². The van der Waals surface area contributed by atoms with Crippen molar-refractivity contribution >= 4 is 69.8 Å². The molecule has 2 atom stereocenters. The van der Waals surface area contributed by atoms with Crippen molar-refractivity contribution in [3.8, 4) is 5.00 Å². The summed E-state index contributed by atoms with van der Waals surface area (Å²) in [6.45, 7) is 7.01. The van der Waals surface area contributed by atoms with Crippen LogP contribution in [0.1, 0.15) is 85.7 Å². The fourth-order valence-corrected chi connectivity index (χ4v) is 8.31. The molecule has 2 aromatic heterocycles. The number of anilines is 1. The Labute approximate surface area is 341 Å². The molecule has 0 bridgehead atoms. The molecular formula is C39H40ClN9O8S. The summed E-state index contributed by atoms with van der Waals surface area (Å²) in [7, 11) is 0. The highest BCUT2D eigenvalue weighted by Gasteiger charge is 2.45. The number of piperidine rings is 1. The van der Waals surface area contributed by atoms with Gasteiger partial charge >= 0.3 is 0 Å². The van der Waals surface area contributed by atoms with Crippen LogP contribution in [0.3, 0.4) is 0 Å². The molecule has 6 amide bonds. The molecule has 0 spiro atoms. The molecular weight excluding hydrogens is 790 g/mol. The zero-order chi connectivity index (χ0) is 41.1. The molecule has 1 fully saturated rings. The maximum absolute atomic E-state index is 13.2. The minimum absolute atomic E-state index is 0.0157. The summed E-state index contributed by atoms with van der Waals surface area (Å²) in [6.07, 6.45) is -0.00954. The molecule has 17 nitrogen and oxygen atoms in total. The highest BCUT2D eigenvalue weighted by atomic mass is 35.5. The van der Waals surface area contributed by atoms with Crippen LogP contribution >= 0.6 is 22.9 Å². The minimum Gasteiger partial charge on any atom is -0.382 e. The van der Waals surface area contributed by atoms with Crippen LogP contribution in [0.15, 0.2) is 47.5 Å². The highest BCUT2D eigenvalue weighted by Crippen LogP contribution is 2.39. The maximum Gasteiger partial charge on any atom is 0.264 e. The molecule has 2 aromatic carbocycles. The fraction of sp³-hybridized carbons (Fsp3) is 0.359. The van der Waals surface area contributed by atoms with Crippen molar-refractivity contribution in [1.82, 2.24) is 35.8 Å². The summed E-state index contributed by atoms with van der Waals surface area (Å²) >= 11 is 7.80. The molecule has 1 unspecified atom stereocenters. The van der Waals surface area contributed by atoms with Gasteiger partial charge in [-0.1, -0.05) is 29.8 Å². The van der Waals surface area contributed by atoms with E-state index >= 15 is 0 Å². The van der Waals surface area contributed by atoms with Gasteiger partial charge in [0.05, 0.1) is 56.1 Å². The van der Waals surface area contributed by atoms with Gasteiger partial charge in [0.2, 0.25) is 23.6 Å². The first-order chi connectivity index (χ1) is 27.9. The second kappa shape index (κ2) is 17.4. The van der Waals surface area contributed by atoms with Gasteiger partial charge in [-0.05, 0) is 57.0 Å². The first kappa shape index (κ1) is 40.4. The molecule has 3 aliphatic rings. The number of nitrogens with one attached hydrogen (secondary N) is 4. The second-order valence-corrected chi connectivity index (χ2v) is 15.4. The number of hydrogen-bond donors (Lipinski definition) is 4. The van der Waals surface area contributed by atoms with Gasteiger partial charge in [0.15, 0.2) is 5.82 Å². The number of aliphatic imine (C=N–C) groups is 1. The molecule has 0 radical (unpaired) electrons. The third-order valence-electron chi connectivity index (χ3n) is 9.95. The number of carbonyl (C=O) groups excluding carboxylic acids is 6. The summed E-state index contributed by atoms with van der Waals surface area (Å²) in [4.78, 5) is 83.0. The molecule has 302 valence electrons. The largest absolute Gasteiger partial charge is 0.382 e. The molecule has 4 N–H and O–H groups in total. The lowest BCUT2D eigenvalue weighted by atomic mass is 9.99. The predicted octanol–water partition coefficient (Wildman–Crippen LogP) is 3.27. The highest BCUT2D eigenvalue weighted by molar-refractivity contribution is 7.15. The average Bonchev–Trinajstić information content (AvgIpc) is 3.78. The van der Waals surface area contributed by atoms with Gasteiger partial charge in [-0.3, -0.25) is 59.4 Å². The van der Waals surface area contributed by atoms with E-state index in [9.17, 15) is 28.8 Å². The number of imide groups is 2. The summed E-state index contributed by atoms with van der Waals surface area (Å²) in [5.74, 6) is -2.02.